The van der Waals surface area contributed by atoms with Gasteiger partial charge in [0, 0.05) is 39.9 Å². The maximum atomic E-state index is 11.7. The molecule has 7 heteroatoms. The van der Waals surface area contributed by atoms with Crippen molar-refractivity contribution in [2.45, 2.75) is 13.0 Å². The molecule has 0 aliphatic heterocycles. The van der Waals surface area contributed by atoms with Crippen LogP contribution < -0.4 is 10.6 Å². The van der Waals surface area contributed by atoms with Gasteiger partial charge in [-0.05, 0) is 29.1 Å². The van der Waals surface area contributed by atoms with E-state index in [2.05, 4.69) is 26.6 Å². The van der Waals surface area contributed by atoms with Gasteiger partial charge in [0.2, 0.25) is 5.91 Å². The lowest BCUT2D eigenvalue weighted by Crippen LogP contribution is -2.30. The van der Waals surface area contributed by atoms with Gasteiger partial charge in [0.05, 0.1) is 0 Å². The normalized spacial score (nSPS) is 10.3. The Morgan fingerprint density at radius 2 is 2.05 bits per heavy atom. The molecular weight excluding hydrogens is 388 g/mol. The van der Waals surface area contributed by atoms with E-state index in [1.165, 1.54) is 11.3 Å². The number of hydrogen-bond acceptors (Lipinski definition) is 3. The van der Waals surface area contributed by atoms with Gasteiger partial charge in [-0.3, -0.25) is 9.59 Å². The van der Waals surface area contributed by atoms with E-state index in [1.54, 1.807) is 17.5 Å². The number of nitrogens with one attached hydrogen (secondary N) is 2. The van der Waals surface area contributed by atoms with Crippen molar-refractivity contribution in [3.05, 3.63) is 55.6 Å². The van der Waals surface area contributed by atoms with Gasteiger partial charge in [0.25, 0.3) is 5.91 Å². The Morgan fingerprint density at radius 3 is 2.73 bits per heavy atom. The second-order valence-electron chi connectivity index (χ2n) is 4.53. The molecule has 1 aromatic carbocycles. The molecule has 2 N–H and O–H groups in total. The number of carbonyl (C=O) groups excluding carboxylic acids is 2. The van der Waals surface area contributed by atoms with Crippen molar-refractivity contribution in [2.75, 3.05) is 6.54 Å². The second-order valence-corrected chi connectivity index (χ2v) is 6.63. The average molecular weight is 402 g/mol. The van der Waals surface area contributed by atoms with Crippen LogP contribution in [0, 0.1) is 0 Å². The van der Waals surface area contributed by atoms with Crippen molar-refractivity contribution in [2.24, 2.45) is 0 Å². The Kier molecular flexibility index (Phi) is 6.42. The fourth-order valence-corrected chi connectivity index (χ4v) is 3.11. The quantitative estimate of drug-likeness (QED) is 0.777. The summed E-state index contributed by atoms with van der Waals surface area (Å²) in [6.07, 6.45) is 0.226. The number of hydrogen-bond donors (Lipinski definition) is 2. The topological polar surface area (TPSA) is 58.2 Å². The van der Waals surface area contributed by atoms with E-state index in [-0.39, 0.29) is 18.2 Å². The maximum absolute atomic E-state index is 11.7. The van der Waals surface area contributed by atoms with Crippen molar-refractivity contribution in [3.63, 3.8) is 0 Å². The molecule has 0 saturated carbocycles. The SMILES string of the molecule is O=C(CCNC(=O)c1ccsc1)NCc1ccc(Br)cc1Cl. The standard InChI is InChI=1S/C15H14BrClN2O2S/c16-12-2-1-10(13(17)7-12)8-19-14(20)3-5-18-15(21)11-4-6-22-9-11/h1-2,4,6-7,9H,3,5,8H2,(H,18,21)(H,19,20). The largest absolute Gasteiger partial charge is 0.352 e. The molecule has 0 aliphatic rings. The molecule has 1 heterocycles. The van der Waals surface area contributed by atoms with Crippen LogP contribution in [0.2, 0.25) is 5.02 Å². The van der Waals surface area contributed by atoms with Crippen molar-refractivity contribution >= 4 is 50.7 Å². The van der Waals surface area contributed by atoms with Crippen LogP contribution in [0.5, 0.6) is 0 Å². The van der Waals surface area contributed by atoms with Crippen LogP contribution in [0.25, 0.3) is 0 Å². The first-order valence-electron chi connectivity index (χ1n) is 6.57. The summed E-state index contributed by atoms with van der Waals surface area (Å²) in [4.78, 5) is 23.4. The van der Waals surface area contributed by atoms with Gasteiger partial charge < -0.3 is 10.6 Å². The average Bonchev–Trinajstić information content (AvgIpc) is 3.00. The minimum atomic E-state index is -0.162. The zero-order valence-electron chi connectivity index (χ0n) is 11.6. The van der Waals surface area contributed by atoms with Gasteiger partial charge in [0.15, 0.2) is 0 Å². The third kappa shape index (κ3) is 5.12. The van der Waals surface area contributed by atoms with Gasteiger partial charge in [-0.15, -0.1) is 0 Å². The van der Waals surface area contributed by atoms with Crippen LogP contribution in [0.3, 0.4) is 0 Å². The highest BCUT2D eigenvalue weighted by Gasteiger charge is 2.07. The summed E-state index contributed by atoms with van der Waals surface area (Å²) in [6, 6.07) is 7.25. The number of rotatable bonds is 6. The first kappa shape index (κ1) is 17.0. The summed E-state index contributed by atoms with van der Waals surface area (Å²) in [5.74, 6) is -0.297. The van der Waals surface area contributed by atoms with E-state index in [4.69, 9.17) is 11.6 Å². The second kappa shape index (κ2) is 8.31. The molecule has 0 bridgehead atoms. The number of benzene rings is 1. The van der Waals surface area contributed by atoms with E-state index in [0.717, 1.165) is 10.0 Å². The summed E-state index contributed by atoms with van der Waals surface area (Å²) in [6.45, 7) is 0.665. The zero-order valence-corrected chi connectivity index (χ0v) is 14.7. The van der Waals surface area contributed by atoms with E-state index < -0.39 is 0 Å². The fourth-order valence-electron chi connectivity index (χ4n) is 1.73. The third-order valence-corrected chi connectivity index (χ3v) is 4.44. The number of amides is 2. The van der Waals surface area contributed by atoms with Crippen LogP contribution >= 0.6 is 38.9 Å². The van der Waals surface area contributed by atoms with Crippen LogP contribution in [0.4, 0.5) is 0 Å². The molecule has 22 heavy (non-hydrogen) atoms. The predicted molar refractivity (Wildman–Crippen MR) is 92.3 cm³/mol. The number of carbonyl (C=O) groups is 2. The van der Waals surface area contributed by atoms with Crippen LogP contribution in [0.15, 0.2) is 39.5 Å². The summed E-state index contributed by atoms with van der Waals surface area (Å²) < 4.78 is 0.892. The number of thiophene rings is 1. The van der Waals surface area contributed by atoms with Crippen molar-refractivity contribution in [3.8, 4) is 0 Å². The molecule has 0 radical (unpaired) electrons. The molecule has 4 nitrogen and oxygen atoms in total. The van der Waals surface area contributed by atoms with Crippen molar-refractivity contribution in [1.82, 2.24) is 10.6 Å². The first-order valence-corrected chi connectivity index (χ1v) is 8.68. The third-order valence-electron chi connectivity index (χ3n) is 2.91. The van der Waals surface area contributed by atoms with Crippen LogP contribution in [0.1, 0.15) is 22.3 Å². The highest BCUT2D eigenvalue weighted by Crippen LogP contribution is 2.21. The lowest BCUT2D eigenvalue weighted by atomic mass is 10.2. The molecular formula is C15H14BrClN2O2S. The first-order chi connectivity index (χ1) is 10.6. The Bertz CT molecular complexity index is 662. The minimum absolute atomic E-state index is 0.135. The lowest BCUT2D eigenvalue weighted by molar-refractivity contribution is -0.121. The van der Waals surface area contributed by atoms with Crippen molar-refractivity contribution < 1.29 is 9.59 Å². The molecule has 0 atom stereocenters. The molecule has 2 amide bonds. The van der Waals surface area contributed by atoms with Gasteiger partial charge >= 0.3 is 0 Å². The molecule has 0 unspecified atom stereocenters. The summed E-state index contributed by atoms with van der Waals surface area (Å²) in [5, 5.41) is 9.69. The predicted octanol–water partition coefficient (Wildman–Crippen LogP) is 3.60. The van der Waals surface area contributed by atoms with E-state index >= 15 is 0 Å². The Labute approximate surface area is 146 Å². The molecule has 0 aliphatic carbocycles. The van der Waals surface area contributed by atoms with E-state index in [1.807, 2.05) is 17.5 Å². The molecule has 0 fully saturated rings. The molecule has 0 spiro atoms. The van der Waals surface area contributed by atoms with Crippen LogP contribution in [-0.4, -0.2) is 18.4 Å². The summed E-state index contributed by atoms with van der Waals surface area (Å²) in [7, 11) is 0. The van der Waals surface area contributed by atoms with Gasteiger partial charge in [-0.25, -0.2) is 0 Å². The van der Waals surface area contributed by atoms with Crippen molar-refractivity contribution in [1.29, 1.82) is 0 Å². The lowest BCUT2D eigenvalue weighted by Gasteiger charge is -2.08. The molecule has 2 aromatic rings. The van der Waals surface area contributed by atoms with E-state index in [0.29, 0.717) is 23.7 Å². The zero-order chi connectivity index (χ0) is 15.9. The molecule has 116 valence electrons. The van der Waals surface area contributed by atoms with E-state index in [9.17, 15) is 9.59 Å². The number of halogens is 2. The Balaban J connectivity index is 1.71. The smallest absolute Gasteiger partial charge is 0.252 e. The fraction of sp³-hybridized carbons (Fsp3) is 0.200. The van der Waals surface area contributed by atoms with Gasteiger partial charge in [-0.1, -0.05) is 33.6 Å². The Hall–Kier alpha value is -1.37. The highest BCUT2D eigenvalue weighted by atomic mass is 79.9. The summed E-state index contributed by atoms with van der Waals surface area (Å²) >= 11 is 10.9. The summed E-state index contributed by atoms with van der Waals surface area (Å²) in [5.41, 5.74) is 1.47. The minimum Gasteiger partial charge on any atom is -0.352 e. The van der Waals surface area contributed by atoms with Crippen LogP contribution in [-0.2, 0) is 11.3 Å². The molecule has 1 aromatic heterocycles. The van der Waals surface area contributed by atoms with Gasteiger partial charge in [0.1, 0.15) is 0 Å². The molecule has 2 rings (SSSR count). The molecule has 0 saturated heterocycles. The highest BCUT2D eigenvalue weighted by molar-refractivity contribution is 9.10. The maximum Gasteiger partial charge on any atom is 0.252 e. The Morgan fingerprint density at radius 1 is 1.23 bits per heavy atom. The monoisotopic (exact) mass is 400 g/mol. The van der Waals surface area contributed by atoms with Gasteiger partial charge in [-0.2, -0.15) is 11.3 Å².